The lowest BCUT2D eigenvalue weighted by Crippen LogP contribution is -2.21. The molecule has 0 bridgehead atoms. The lowest BCUT2D eigenvalue weighted by molar-refractivity contribution is -0.141. The van der Waals surface area contributed by atoms with Gasteiger partial charge in [-0.25, -0.2) is 9.59 Å². The van der Waals surface area contributed by atoms with E-state index in [0.29, 0.717) is 0 Å². The molecule has 9 heteroatoms. The number of rotatable bonds is 5. The number of esters is 1. The van der Waals surface area contributed by atoms with Crippen molar-refractivity contribution >= 4 is 17.8 Å². The van der Waals surface area contributed by atoms with Gasteiger partial charge in [0.2, 0.25) is 0 Å². The molecule has 0 atom stereocenters. The number of methoxy groups -OCH3 is 1. The SMILES string of the molecule is COC(=O)C(Cc1ccc(C(F)(F)F)nc1)=NC(=O)OCc1ccccc1. The van der Waals surface area contributed by atoms with Gasteiger partial charge >= 0.3 is 18.2 Å². The van der Waals surface area contributed by atoms with Crippen molar-refractivity contribution in [3.05, 3.63) is 65.5 Å². The maximum absolute atomic E-state index is 12.5. The van der Waals surface area contributed by atoms with E-state index in [-0.39, 0.29) is 24.3 Å². The van der Waals surface area contributed by atoms with E-state index in [0.717, 1.165) is 31.0 Å². The van der Waals surface area contributed by atoms with Crippen LogP contribution in [0.3, 0.4) is 0 Å². The molecule has 1 aromatic heterocycles. The van der Waals surface area contributed by atoms with Crippen molar-refractivity contribution in [2.24, 2.45) is 4.99 Å². The summed E-state index contributed by atoms with van der Waals surface area (Å²) in [6.45, 7) is -0.0422. The number of aromatic nitrogens is 1. The molecule has 1 heterocycles. The molecule has 2 aromatic rings. The Bertz CT molecular complexity index is 819. The van der Waals surface area contributed by atoms with Crippen LogP contribution in [-0.4, -0.2) is 29.9 Å². The van der Waals surface area contributed by atoms with Gasteiger partial charge in [0.25, 0.3) is 0 Å². The Balaban J connectivity index is 2.08. The largest absolute Gasteiger partial charge is 0.465 e. The van der Waals surface area contributed by atoms with Crippen molar-refractivity contribution in [2.45, 2.75) is 19.2 Å². The van der Waals surface area contributed by atoms with Crippen molar-refractivity contribution < 1.29 is 32.2 Å². The van der Waals surface area contributed by atoms with Gasteiger partial charge in [-0.05, 0) is 17.2 Å². The molecule has 27 heavy (non-hydrogen) atoms. The standard InChI is InChI=1S/C18H15F3N2O4/c1-26-16(24)14(9-13-7-8-15(22-10-13)18(19,20)21)23-17(25)27-11-12-5-3-2-4-6-12/h2-8,10H,9,11H2,1H3. The van der Waals surface area contributed by atoms with E-state index in [4.69, 9.17) is 4.74 Å². The molecule has 6 nitrogen and oxygen atoms in total. The molecule has 0 aliphatic heterocycles. The Morgan fingerprint density at radius 1 is 1.07 bits per heavy atom. The van der Waals surface area contributed by atoms with E-state index in [1.807, 2.05) is 0 Å². The highest BCUT2D eigenvalue weighted by molar-refractivity contribution is 6.38. The average Bonchev–Trinajstić information content (AvgIpc) is 2.65. The number of hydrogen-bond donors (Lipinski definition) is 0. The number of pyridine rings is 1. The zero-order chi connectivity index (χ0) is 19.9. The van der Waals surface area contributed by atoms with Crippen LogP contribution in [-0.2, 0) is 33.5 Å². The van der Waals surface area contributed by atoms with E-state index in [1.165, 1.54) is 0 Å². The van der Waals surface area contributed by atoms with Crippen molar-refractivity contribution in [2.75, 3.05) is 7.11 Å². The molecule has 0 aliphatic rings. The number of amides is 1. The van der Waals surface area contributed by atoms with Gasteiger partial charge in [0.15, 0.2) is 0 Å². The van der Waals surface area contributed by atoms with E-state index in [9.17, 15) is 22.8 Å². The Hall–Kier alpha value is -3.23. The molecular weight excluding hydrogens is 365 g/mol. The summed E-state index contributed by atoms with van der Waals surface area (Å²) >= 11 is 0. The average molecular weight is 380 g/mol. The van der Waals surface area contributed by atoms with Crippen LogP contribution < -0.4 is 0 Å². The molecule has 0 N–H and O–H groups in total. The third kappa shape index (κ3) is 6.21. The fraction of sp³-hybridized carbons (Fsp3) is 0.222. The lowest BCUT2D eigenvalue weighted by atomic mass is 10.1. The van der Waals surface area contributed by atoms with Gasteiger partial charge in [0, 0.05) is 12.6 Å². The first-order valence-electron chi connectivity index (χ1n) is 7.68. The highest BCUT2D eigenvalue weighted by Gasteiger charge is 2.32. The molecule has 0 radical (unpaired) electrons. The van der Waals surface area contributed by atoms with Crippen LogP contribution >= 0.6 is 0 Å². The van der Waals surface area contributed by atoms with Crippen LogP contribution in [0.4, 0.5) is 18.0 Å². The summed E-state index contributed by atoms with van der Waals surface area (Å²) < 4.78 is 47.1. The van der Waals surface area contributed by atoms with E-state index in [1.54, 1.807) is 30.3 Å². The molecule has 0 unspecified atom stereocenters. The number of alkyl halides is 3. The summed E-state index contributed by atoms with van der Waals surface area (Å²) in [6.07, 6.45) is -4.87. The normalized spacial score (nSPS) is 11.8. The molecule has 0 saturated carbocycles. The second-order valence-corrected chi connectivity index (χ2v) is 5.32. The highest BCUT2D eigenvalue weighted by Crippen LogP contribution is 2.27. The number of carbonyl (C=O) groups excluding carboxylic acids is 2. The minimum absolute atomic E-state index is 0.0422. The van der Waals surface area contributed by atoms with Crippen LogP contribution in [0.5, 0.6) is 0 Å². The monoisotopic (exact) mass is 380 g/mol. The molecule has 1 aromatic carbocycles. The Morgan fingerprint density at radius 2 is 1.78 bits per heavy atom. The first kappa shape index (κ1) is 20.1. The smallest absolute Gasteiger partial charge is 0.434 e. The minimum atomic E-state index is -4.57. The Labute approximate surface area is 152 Å². The van der Waals surface area contributed by atoms with Gasteiger partial charge in [-0.3, -0.25) is 4.98 Å². The number of carbonyl (C=O) groups is 2. The second-order valence-electron chi connectivity index (χ2n) is 5.32. The summed E-state index contributed by atoms with van der Waals surface area (Å²) in [5.41, 5.74) is -0.391. The van der Waals surface area contributed by atoms with Crippen molar-refractivity contribution in [1.82, 2.24) is 4.98 Å². The zero-order valence-corrected chi connectivity index (χ0v) is 14.2. The predicted octanol–water partition coefficient (Wildman–Crippen LogP) is 3.59. The maximum atomic E-state index is 12.5. The van der Waals surface area contributed by atoms with Gasteiger partial charge in [-0.1, -0.05) is 36.4 Å². The number of nitrogens with zero attached hydrogens (tertiary/aromatic N) is 2. The molecule has 0 fully saturated rings. The number of halogens is 3. The lowest BCUT2D eigenvalue weighted by Gasteiger charge is -2.08. The molecule has 142 valence electrons. The minimum Gasteiger partial charge on any atom is -0.465 e. The van der Waals surface area contributed by atoms with Gasteiger partial charge in [-0.15, -0.1) is 0 Å². The summed E-state index contributed by atoms with van der Waals surface area (Å²) in [5.74, 6) is -0.897. The fourth-order valence-electron chi connectivity index (χ4n) is 2.03. The van der Waals surface area contributed by atoms with E-state index >= 15 is 0 Å². The molecule has 0 saturated heterocycles. The summed E-state index contributed by atoms with van der Waals surface area (Å²) in [6, 6.07) is 10.7. The summed E-state index contributed by atoms with van der Waals surface area (Å²) in [5, 5.41) is 0. The molecule has 1 amide bonds. The van der Waals surface area contributed by atoms with Crippen LogP contribution in [0.2, 0.25) is 0 Å². The zero-order valence-electron chi connectivity index (χ0n) is 14.2. The first-order chi connectivity index (χ1) is 12.8. The van der Waals surface area contributed by atoms with Crippen LogP contribution in [0.15, 0.2) is 53.7 Å². The quantitative estimate of drug-likeness (QED) is 0.585. The van der Waals surface area contributed by atoms with Gasteiger partial charge < -0.3 is 9.47 Å². The molecule has 0 aliphatic carbocycles. The number of ether oxygens (including phenoxy) is 2. The van der Waals surface area contributed by atoms with Crippen molar-refractivity contribution in [3.8, 4) is 0 Å². The summed E-state index contributed by atoms with van der Waals surface area (Å²) in [7, 11) is 1.10. The molecular formula is C18H15F3N2O4. The van der Waals surface area contributed by atoms with Gasteiger partial charge in [0.1, 0.15) is 18.0 Å². The van der Waals surface area contributed by atoms with Crippen molar-refractivity contribution in [3.63, 3.8) is 0 Å². The second kappa shape index (κ2) is 8.93. The third-order valence-electron chi connectivity index (χ3n) is 3.34. The predicted molar refractivity (Wildman–Crippen MR) is 89.0 cm³/mol. The molecule has 2 rings (SSSR count). The molecule has 0 spiro atoms. The third-order valence-corrected chi connectivity index (χ3v) is 3.34. The van der Waals surface area contributed by atoms with Crippen LogP contribution in [0.1, 0.15) is 16.8 Å². The maximum Gasteiger partial charge on any atom is 0.434 e. The fourth-order valence-corrected chi connectivity index (χ4v) is 2.03. The van der Waals surface area contributed by atoms with Crippen LogP contribution in [0, 0.1) is 0 Å². The van der Waals surface area contributed by atoms with Gasteiger partial charge in [0.05, 0.1) is 7.11 Å². The van der Waals surface area contributed by atoms with Gasteiger partial charge in [-0.2, -0.15) is 18.2 Å². The van der Waals surface area contributed by atoms with Crippen molar-refractivity contribution in [1.29, 1.82) is 0 Å². The number of benzene rings is 1. The van der Waals surface area contributed by atoms with E-state index in [2.05, 4.69) is 14.7 Å². The Morgan fingerprint density at radius 3 is 2.33 bits per heavy atom. The van der Waals surface area contributed by atoms with Crippen LogP contribution in [0.25, 0.3) is 0 Å². The first-order valence-corrected chi connectivity index (χ1v) is 7.68. The number of hydrogen-bond acceptors (Lipinski definition) is 5. The van der Waals surface area contributed by atoms with E-state index < -0.39 is 23.9 Å². The number of aliphatic imine (C=N–C) groups is 1. The highest BCUT2D eigenvalue weighted by atomic mass is 19.4. The Kier molecular flexibility index (Phi) is 6.64. The summed E-state index contributed by atoms with van der Waals surface area (Å²) in [4.78, 5) is 30.5. The topological polar surface area (TPSA) is 77.9 Å².